The lowest BCUT2D eigenvalue weighted by Crippen LogP contribution is -2.28. The van der Waals surface area contributed by atoms with Crippen LogP contribution in [0.15, 0.2) is 24.3 Å². The number of amides is 2. The Morgan fingerprint density at radius 3 is 1.50 bits per heavy atom. The molecule has 0 radical (unpaired) electrons. The first kappa shape index (κ1) is 12.2. The van der Waals surface area contributed by atoms with Crippen molar-refractivity contribution in [2.24, 2.45) is 0 Å². The van der Waals surface area contributed by atoms with Gasteiger partial charge in [-0.3, -0.25) is 20.0 Å². The van der Waals surface area contributed by atoms with Crippen LogP contribution in [0.2, 0.25) is 0 Å². The van der Waals surface area contributed by atoms with Crippen molar-refractivity contribution in [3.05, 3.63) is 35.4 Å². The average Bonchev–Trinajstić information content (AvgIpc) is 2.26. The van der Waals surface area contributed by atoms with Crippen LogP contribution in [0.4, 0.5) is 0 Å². The highest BCUT2D eigenvalue weighted by Gasteiger charge is 2.20. The normalized spacial score (nSPS) is 9.75. The fourth-order valence-corrected chi connectivity index (χ4v) is 1.20. The first-order valence-corrected chi connectivity index (χ1v) is 4.48. The molecule has 0 atom stereocenters. The zero-order valence-corrected chi connectivity index (χ0v) is 8.91. The van der Waals surface area contributed by atoms with Crippen LogP contribution in [-0.2, 0) is 0 Å². The van der Waals surface area contributed by atoms with E-state index in [4.69, 9.17) is 10.4 Å². The lowest BCUT2D eigenvalue weighted by Gasteiger charge is -2.14. The van der Waals surface area contributed by atoms with E-state index in [0.29, 0.717) is 10.1 Å². The minimum Gasteiger partial charge on any atom is -0.286 e. The number of hydroxylamine groups is 4. The molecule has 0 aliphatic heterocycles. The molecule has 16 heavy (non-hydrogen) atoms. The van der Waals surface area contributed by atoms with Crippen LogP contribution in [0.25, 0.3) is 0 Å². The molecule has 6 nitrogen and oxygen atoms in total. The third-order valence-corrected chi connectivity index (χ3v) is 1.98. The summed E-state index contributed by atoms with van der Waals surface area (Å²) in [5.41, 5.74) is 0.0526. The van der Waals surface area contributed by atoms with Gasteiger partial charge in [-0.05, 0) is 12.1 Å². The van der Waals surface area contributed by atoms with Crippen LogP contribution in [0.1, 0.15) is 20.7 Å². The van der Waals surface area contributed by atoms with Crippen LogP contribution < -0.4 is 0 Å². The standard InChI is InChI=1S/C10H12N2O4/c1-11(15)9(13)7-5-3-4-6-8(7)10(14)12(2)16/h3-6,15-16H,1-2H3. The van der Waals surface area contributed by atoms with Gasteiger partial charge in [0.1, 0.15) is 0 Å². The van der Waals surface area contributed by atoms with Gasteiger partial charge in [-0.15, -0.1) is 0 Å². The molecular weight excluding hydrogens is 212 g/mol. The smallest absolute Gasteiger partial charge is 0.277 e. The summed E-state index contributed by atoms with van der Waals surface area (Å²) in [5.74, 6) is -1.43. The number of carbonyl (C=O) groups is 2. The second-order valence-electron chi connectivity index (χ2n) is 3.20. The van der Waals surface area contributed by atoms with Crippen LogP contribution in [0.3, 0.4) is 0 Å². The van der Waals surface area contributed by atoms with E-state index < -0.39 is 11.8 Å². The second-order valence-corrected chi connectivity index (χ2v) is 3.20. The van der Waals surface area contributed by atoms with Gasteiger partial charge in [0.2, 0.25) is 0 Å². The molecule has 0 aliphatic rings. The summed E-state index contributed by atoms with van der Waals surface area (Å²) in [4.78, 5) is 23.0. The van der Waals surface area contributed by atoms with Gasteiger partial charge in [-0.1, -0.05) is 12.1 Å². The molecule has 0 bridgehead atoms. The summed E-state index contributed by atoms with van der Waals surface area (Å²) in [6, 6.07) is 5.91. The summed E-state index contributed by atoms with van der Waals surface area (Å²) in [7, 11) is 2.32. The maximum atomic E-state index is 11.5. The van der Waals surface area contributed by atoms with Crippen LogP contribution in [0.5, 0.6) is 0 Å². The molecule has 0 aromatic heterocycles. The minimum absolute atomic E-state index is 0.0263. The molecular formula is C10H12N2O4. The Hall–Kier alpha value is -1.92. The SMILES string of the molecule is CN(O)C(=O)c1ccccc1C(=O)N(C)O. The third kappa shape index (κ3) is 2.36. The first-order chi connectivity index (χ1) is 7.45. The Balaban J connectivity index is 3.20. The summed E-state index contributed by atoms with van der Waals surface area (Å²) >= 11 is 0. The number of hydrogen-bond donors (Lipinski definition) is 2. The number of hydrogen-bond acceptors (Lipinski definition) is 4. The summed E-state index contributed by atoms with van der Waals surface area (Å²) in [6.45, 7) is 0. The monoisotopic (exact) mass is 224 g/mol. The molecule has 2 N–H and O–H groups in total. The number of benzene rings is 1. The molecule has 0 heterocycles. The van der Waals surface area contributed by atoms with E-state index in [1.54, 1.807) is 12.1 Å². The average molecular weight is 224 g/mol. The van der Waals surface area contributed by atoms with Gasteiger partial charge in [-0.2, -0.15) is 0 Å². The highest BCUT2D eigenvalue weighted by molar-refractivity contribution is 6.06. The van der Waals surface area contributed by atoms with Crippen molar-refractivity contribution < 1.29 is 20.0 Å². The molecule has 1 aromatic carbocycles. The Labute approximate surface area is 92.2 Å². The zero-order chi connectivity index (χ0) is 12.3. The largest absolute Gasteiger partial charge is 0.286 e. The van der Waals surface area contributed by atoms with E-state index in [0.717, 1.165) is 14.1 Å². The van der Waals surface area contributed by atoms with Gasteiger partial charge in [0, 0.05) is 14.1 Å². The van der Waals surface area contributed by atoms with Gasteiger partial charge in [0.25, 0.3) is 11.8 Å². The van der Waals surface area contributed by atoms with Crippen molar-refractivity contribution in [1.29, 1.82) is 0 Å². The quantitative estimate of drug-likeness (QED) is 0.569. The first-order valence-electron chi connectivity index (χ1n) is 4.48. The van der Waals surface area contributed by atoms with E-state index in [9.17, 15) is 9.59 Å². The third-order valence-electron chi connectivity index (χ3n) is 1.98. The molecule has 0 saturated carbocycles. The van der Waals surface area contributed by atoms with Gasteiger partial charge < -0.3 is 0 Å². The Bertz CT molecular complexity index is 376. The summed E-state index contributed by atoms with van der Waals surface area (Å²) in [5, 5.41) is 18.8. The van der Waals surface area contributed by atoms with Crippen molar-refractivity contribution in [3.8, 4) is 0 Å². The van der Waals surface area contributed by atoms with Gasteiger partial charge in [0.15, 0.2) is 0 Å². The molecule has 2 amide bonds. The lowest BCUT2D eigenvalue weighted by atomic mass is 10.1. The molecule has 6 heteroatoms. The van der Waals surface area contributed by atoms with Gasteiger partial charge >= 0.3 is 0 Å². The van der Waals surface area contributed by atoms with E-state index in [1.165, 1.54) is 12.1 Å². The van der Waals surface area contributed by atoms with Crippen LogP contribution in [-0.4, -0.2) is 46.5 Å². The second kappa shape index (κ2) is 4.73. The van der Waals surface area contributed by atoms with E-state index >= 15 is 0 Å². The molecule has 0 unspecified atom stereocenters. The molecule has 0 aliphatic carbocycles. The van der Waals surface area contributed by atoms with E-state index in [2.05, 4.69) is 0 Å². The predicted molar refractivity (Wildman–Crippen MR) is 54.2 cm³/mol. The van der Waals surface area contributed by atoms with Crippen molar-refractivity contribution in [1.82, 2.24) is 10.1 Å². The van der Waals surface area contributed by atoms with Crippen molar-refractivity contribution in [2.75, 3.05) is 14.1 Å². The Kier molecular flexibility index (Phi) is 3.60. The lowest BCUT2D eigenvalue weighted by molar-refractivity contribution is -0.0403. The molecule has 0 saturated heterocycles. The van der Waals surface area contributed by atoms with Gasteiger partial charge in [-0.25, -0.2) is 10.1 Å². The van der Waals surface area contributed by atoms with Crippen LogP contribution in [0, 0.1) is 0 Å². The number of carbonyl (C=O) groups excluding carboxylic acids is 2. The minimum atomic E-state index is -0.717. The van der Waals surface area contributed by atoms with Gasteiger partial charge in [0.05, 0.1) is 11.1 Å². The van der Waals surface area contributed by atoms with Crippen LogP contribution >= 0.6 is 0 Å². The Morgan fingerprint density at radius 1 is 0.938 bits per heavy atom. The maximum absolute atomic E-state index is 11.5. The summed E-state index contributed by atoms with van der Waals surface area (Å²) < 4.78 is 0. The fraction of sp³-hybridized carbons (Fsp3) is 0.200. The Morgan fingerprint density at radius 2 is 1.25 bits per heavy atom. The summed E-state index contributed by atoms with van der Waals surface area (Å²) in [6.07, 6.45) is 0. The number of nitrogens with zero attached hydrogens (tertiary/aromatic N) is 2. The topological polar surface area (TPSA) is 81.1 Å². The molecule has 1 aromatic rings. The van der Waals surface area contributed by atoms with Crippen molar-refractivity contribution in [3.63, 3.8) is 0 Å². The maximum Gasteiger partial charge on any atom is 0.277 e. The van der Waals surface area contributed by atoms with Crippen molar-refractivity contribution in [2.45, 2.75) is 0 Å². The molecule has 86 valence electrons. The molecule has 0 spiro atoms. The highest BCUT2D eigenvalue weighted by atomic mass is 16.5. The predicted octanol–water partition coefficient (Wildman–Crippen LogP) is 0.609. The number of rotatable bonds is 2. The van der Waals surface area contributed by atoms with Crippen molar-refractivity contribution >= 4 is 11.8 Å². The van der Waals surface area contributed by atoms with E-state index in [1.807, 2.05) is 0 Å². The van der Waals surface area contributed by atoms with E-state index in [-0.39, 0.29) is 11.1 Å². The molecule has 1 rings (SSSR count). The highest BCUT2D eigenvalue weighted by Crippen LogP contribution is 2.12. The molecule has 0 fully saturated rings. The zero-order valence-electron chi connectivity index (χ0n) is 8.91. The fourth-order valence-electron chi connectivity index (χ4n) is 1.20.